The first-order chi connectivity index (χ1) is 13.6. The number of hydroxylamine groups is 2. The third kappa shape index (κ3) is 2.65. The van der Waals surface area contributed by atoms with Crippen molar-refractivity contribution in [2.45, 2.75) is 38.0 Å². The van der Waals surface area contributed by atoms with E-state index in [0.29, 0.717) is 0 Å². The predicted octanol–water partition coefficient (Wildman–Crippen LogP) is 3.44. The molecule has 146 valence electrons. The number of hydrogen-bond donors (Lipinski definition) is 0. The molecule has 0 spiro atoms. The van der Waals surface area contributed by atoms with Gasteiger partial charge in [-0.15, -0.1) is 0 Å². The topological polar surface area (TPSA) is 42.0 Å². The Hall–Kier alpha value is -2.37. The number of amides is 1. The molecule has 5 rings (SSSR count). The minimum absolute atomic E-state index is 0.0459. The molecule has 0 saturated carbocycles. The van der Waals surface area contributed by atoms with Crippen molar-refractivity contribution in [3.63, 3.8) is 0 Å². The van der Waals surface area contributed by atoms with E-state index in [-0.39, 0.29) is 30.0 Å². The minimum atomic E-state index is -0.0485. The van der Waals surface area contributed by atoms with Crippen LogP contribution in [0.3, 0.4) is 0 Å². The Balaban J connectivity index is 1.51. The Morgan fingerprint density at radius 1 is 1.11 bits per heavy atom. The van der Waals surface area contributed by atoms with Crippen LogP contribution >= 0.6 is 0 Å². The van der Waals surface area contributed by atoms with Crippen molar-refractivity contribution in [3.8, 4) is 16.9 Å². The number of fused-ring (bicyclic) bond motifs is 4. The van der Waals surface area contributed by atoms with Gasteiger partial charge in [0.25, 0.3) is 0 Å². The number of methoxy groups -OCH3 is 1. The van der Waals surface area contributed by atoms with Gasteiger partial charge in [-0.1, -0.05) is 24.3 Å². The molecule has 5 heteroatoms. The van der Waals surface area contributed by atoms with Crippen molar-refractivity contribution in [1.82, 2.24) is 9.96 Å². The molecule has 3 aliphatic heterocycles. The quantitative estimate of drug-likeness (QED) is 0.803. The number of nitrogens with zero attached hydrogens (tertiary/aromatic N) is 2. The highest BCUT2D eigenvalue weighted by Gasteiger charge is 2.52. The summed E-state index contributed by atoms with van der Waals surface area (Å²) >= 11 is 0. The van der Waals surface area contributed by atoms with E-state index in [1.807, 2.05) is 31.2 Å². The highest BCUT2D eigenvalue weighted by molar-refractivity contribution is 5.82. The lowest BCUT2D eigenvalue weighted by molar-refractivity contribution is -0.145. The van der Waals surface area contributed by atoms with Gasteiger partial charge in [0.1, 0.15) is 5.75 Å². The normalized spacial score (nSPS) is 29.2. The van der Waals surface area contributed by atoms with Crippen LogP contribution in [0.5, 0.6) is 5.75 Å². The second-order valence-corrected chi connectivity index (χ2v) is 8.13. The molecule has 3 heterocycles. The molecule has 3 aliphatic rings. The van der Waals surface area contributed by atoms with Crippen molar-refractivity contribution in [3.05, 3.63) is 53.6 Å². The molecule has 1 amide bonds. The van der Waals surface area contributed by atoms with Crippen LogP contribution in [0.2, 0.25) is 0 Å². The van der Waals surface area contributed by atoms with E-state index < -0.39 is 0 Å². The smallest absolute Gasteiger partial charge is 0.230 e. The monoisotopic (exact) mass is 378 g/mol. The van der Waals surface area contributed by atoms with E-state index in [9.17, 15) is 4.79 Å². The van der Waals surface area contributed by atoms with Gasteiger partial charge in [0.05, 0.1) is 31.2 Å². The fraction of sp³-hybridized carbons (Fsp3) is 0.435. The van der Waals surface area contributed by atoms with E-state index in [0.717, 1.165) is 30.7 Å². The Morgan fingerprint density at radius 3 is 2.61 bits per heavy atom. The van der Waals surface area contributed by atoms with Gasteiger partial charge >= 0.3 is 0 Å². The van der Waals surface area contributed by atoms with Crippen molar-refractivity contribution < 1.29 is 14.4 Å². The molecule has 2 saturated heterocycles. The molecule has 0 bridgehead atoms. The van der Waals surface area contributed by atoms with E-state index in [1.54, 1.807) is 7.11 Å². The highest BCUT2D eigenvalue weighted by atomic mass is 16.7. The SMILES string of the molecule is COc1ccc(-c2ccc3c(c2)[C@@H]2C[C@H]4[C@@H](C(=O)N2CC3)[C@H](C)ON4C)cc1. The summed E-state index contributed by atoms with van der Waals surface area (Å²) in [4.78, 5) is 21.2. The molecule has 0 aliphatic carbocycles. The summed E-state index contributed by atoms with van der Waals surface area (Å²) in [5, 5.41) is 1.91. The highest BCUT2D eigenvalue weighted by Crippen LogP contribution is 2.45. The largest absolute Gasteiger partial charge is 0.497 e. The van der Waals surface area contributed by atoms with Gasteiger partial charge in [-0.3, -0.25) is 9.63 Å². The number of carbonyl (C=O) groups is 1. The molecule has 2 aromatic rings. The van der Waals surface area contributed by atoms with Crippen LogP contribution in [-0.2, 0) is 16.1 Å². The average molecular weight is 378 g/mol. The van der Waals surface area contributed by atoms with Crippen molar-refractivity contribution in [1.29, 1.82) is 0 Å². The van der Waals surface area contributed by atoms with Crippen molar-refractivity contribution in [2.24, 2.45) is 5.92 Å². The van der Waals surface area contributed by atoms with E-state index in [2.05, 4.69) is 35.2 Å². The van der Waals surface area contributed by atoms with Gasteiger partial charge in [0.2, 0.25) is 5.91 Å². The van der Waals surface area contributed by atoms with Gasteiger partial charge in [0.15, 0.2) is 0 Å². The van der Waals surface area contributed by atoms with Gasteiger partial charge in [-0.05, 0) is 60.2 Å². The second kappa shape index (κ2) is 6.61. The number of ether oxygens (including phenoxy) is 1. The van der Waals surface area contributed by atoms with E-state index in [4.69, 9.17) is 9.57 Å². The van der Waals surface area contributed by atoms with Gasteiger partial charge < -0.3 is 9.64 Å². The number of piperidine rings is 1. The summed E-state index contributed by atoms with van der Waals surface area (Å²) < 4.78 is 5.28. The predicted molar refractivity (Wildman–Crippen MR) is 107 cm³/mol. The standard InChI is InChI=1S/C23H26N2O3/c1-14-22-21(24(2)28-14)13-20-19-12-17(15-6-8-18(27-3)9-7-15)5-4-16(19)10-11-25(20)23(22)26/h4-9,12,14,20-22H,10-11,13H2,1-3H3/t14-,20-,21-,22-/m0/s1. The Kier molecular flexibility index (Phi) is 4.18. The van der Waals surface area contributed by atoms with Gasteiger partial charge in [0, 0.05) is 13.6 Å². The van der Waals surface area contributed by atoms with Crippen LogP contribution in [0, 0.1) is 5.92 Å². The zero-order chi connectivity index (χ0) is 19.4. The summed E-state index contributed by atoms with van der Waals surface area (Å²) in [5.41, 5.74) is 5.00. The Labute approximate surface area is 165 Å². The number of carbonyl (C=O) groups excluding carboxylic acids is 1. The van der Waals surface area contributed by atoms with Gasteiger partial charge in [-0.25, -0.2) is 0 Å². The summed E-state index contributed by atoms with van der Waals surface area (Å²) in [7, 11) is 3.64. The molecule has 0 radical (unpaired) electrons. The Morgan fingerprint density at radius 2 is 1.86 bits per heavy atom. The fourth-order valence-corrected chi connectivity index (χ4v) is 5.20. The maximum Gasteiger partial charge on any atom is 0.230 e. The molecular weight excluding hydrogens is 352 g/mol. The minimum Gasteiger partial charge on any atom is -0.497 e. The van der Waals surface area contributed by atoms with Gasteiger partial charge in [-0.2, -0.15) is 5.06 Å². The zero-order valence-electron chi connectivity index (χ0n) is 16.6. The lowest BCUT2D eigenvalue weighted by atomic mass is 9.78. The summed E-state index contributed by atoms with van der Waals surface area (Å²) in [6, 6.07) is 15.1. The van der Waals surface area contributed by atoms with E-state index in [1.165, 1.54) is 16.7 Å². The molecular formula is C23H26N2O3. The lowest BCUT2D eigenvalue weighted by Gasteiger charge is -2.45. The molecule has 2 aromatic carbocycles. The summed E-state index contributed by atoms with van der Waals surface area (Å²) in [6.45, 7) is 2.82. The maximum absolute atomic E-state index is 13.2. The van der Waals surface area contributed by atoms with Crippen LogP contribution in [0.4, 0.5) is 0 Å². The lowest BCUT2D eigenvalue weighted by Crippen LogP contribution is -2.54. The molecule has 2 fully saturated rings. The zero-order valence-corrected chi connectivity index (χ0v) is 16.6. The van der Waals surface area contributed by atoms with Crippen LogP contribution in [-0.4, -0.2) is 48.7 Å². The average Bonchev–Trinajstić information content (AvgIpc) is 3.01. The first-order valence-electron chi connectivity index (χ1n) is 10.0. The van der Waals surface area contributed by atoms with Crippen molar-refractivity contribution in [2.75, 3.05) is 20.7 Å². The molecule has 0 unspecified atom stereocenters. The third-order valence-electron chi connectivity index (χ3n) is 6.68. The number of hydrogen-bond acceptors (Lipinski definition) is 4. The molecule has 4 atom stereocenters. The summed E-state index contributed by atoms with van der Waals surface area (Å²) in [5.74, 6) is 1.06. The van der Waals surface area contributed by atoms with Crippen LogP contribution < -0.4 is 4.74 Å². The Bertz CT molecular complexity index is 911. The van der Waals surface area contributed by atoms with Crippen molar-refractivity contribution >= 4 is 5.91 Å². The van der Waals surface area contributed by atoms with Crippen LogP contribution in [0.1, 0.15) is 30.5 Å². The van der Waals surface area contributed by atoms with Crippen LogP contribution in [0.15, 0.2) is 42.5 Å². The fourth-order valence-electron chi connectivity index (χ4n) is 5.20. The first-order valence-corrected chi connectivity index (χ1v) is 10.0. The molecule has 0 N–H and O–H groups in total. The maximum atomic E-state index is 13.2. The third-order valence-corrected chi connectivity index (χ3v) is 6.68. The molecule has 28 heavy (non-hydrogen) atoms. The van der Waals surface area contributed by atoms with Crippen LogP contribution in [0.25, 0.3) is 11.1 Å². The first kappa shape index (κ1) is 17.7. The molecule has 0 aromatic heterocycles. The van der Waals surface area contributed by atoms with E-state index >= 15 is 0 Å². The molecule has 5 nitrogen and oxygen atoms in total. The number of rotatable bonds is 2. The number of benzene rings is 2. The second-order valence-electron chi connectivity index (χ2n) is 8.13. The summed E-state index contributed by atoms with van der Waals surface area (Å²) in [6.07, 6.45) is 1.80.